The summed E-state index contributed by atoms with van der Waals surface area (Å²) in [6, 6.07) is 9.78. The van der Waals surface area contributed by atoms with Crippen LogP contribution < -0.4 is 14.8 Å². The first-order valence-electron chi connectivity index (χ1n) is 8.10. The summed E-state index contributed by atoms with van der Waals surface area (Å²) in [5, 5.41) is 2.36. The van der Waals surface area contributed by atoms with Gasteiger partial charge in [0.2, 0.25) is 0 Å². The number of thioether (sulfide) groups is 1. The van der Waals surface area contributed by atoms with Crippen LogP contribution in [-0.4, -0.2) is 49.5 Å². The summed E-state index contributed by atoms with van der Waals surface area (Å²) in [5.41, 5.74) is -0.125. The molecule has 0 spiro atoms. The van der Waals surface area contributed by atoms with Gasteiger partial charge in [-0.25, -0.2) is 9.78 Å². The lowest BCUT2D eigenvalue weighted by Gasteiger charge is -2.11. The minimum atomic E-state index is -2.73. The van der Waals surface area contributed by atoms with Gasteiger partial charge < -0.3 is 19.5 Å². The molecule has 0 radical (unpaired) electrons. The Morgan fingerprint density at radius 3 is 2.64 bits per heavy atom. The monoisotopic (exact) mass is 412 g/mol. The fraction of sp³-hybridized carbons (Fsp3) is 0.278. The number of nitrogens with one attached hydrogen (secondary N) is 1. The maximum Gasteiger partial charge on any atom is 0.341 e. The minimum Gasteiger partial charge on any atom is -0.493 e. The number of benzene rings is 1. The molecule has 0 fully saturated rings. The van der Waals surface area contributed by atoms with E-state index in [2.05, 4.69) is 10.3 Å². The predicted molar refractivity (Wildman–Crippen MR) is 97.9 cm³/mol. The number of ether oxygens (including phenoxy) is 3. The zero-order valence-electron chi connectivity index (χ0n) is 14.9. The largest absolute Gasteiger partial charge is 0.493 e. The second-order valence-electron chi connectivity index (χ2n) is 5.16. The number of methoxy groups -OCH3 is 1. The molecule has 7 nitrogen and oxygen atoms in total. The summed E-state index contributed by atoms with van der Waals surface area (Å²) < 4.78 is 40.5. The van der Waals surface area contributed by atoms with E-state index in [1.54, 1.807) is 24.3 Å². The molecule has 0 aliphatic rings. The molecule has 1 heterocycles. The highest BCUT2D eigenvalue weighted by molar-refractivity contribution is 7.99. The number of hydrogen-bond acceptors (Lipinski definition) is 7. The molecule has 0 saturated carbocycles. The van der Waals surface area contributed by atoms with E-state index < -0.39 is 24.2 Å². The molecule has 2 rings (SSSR count). The van der Waals surface area contributed by atoms with Gasteiger partial charge in [-0.2, -0.15) is 8.78 Å². The summed E-state index contributed by atoms with van der Waals surface area (Å²) >= 11 is 0.133. The van der Waals surface area contributed by atoms with Crippen LogP contribution in [0.25, 0.3) is 0 Å². The van der Waals surface area contributed by atoms with Crippen LogP contribution in [0.4, 0.5) is 8.78 Å². The zero-order chi connectivity index (χ0) is 20.4. The minimum absolute atomic E-state index is 0.125. The number of nitrogens with zero attached hydrogens (tertiary/aromatic N) is 1. The number of aromatic nitrogens is 1. The van der Waals surface area contributed by atoms with E-state index in [1.165, 1.54) is 25.4 Å². The molecule has 1 aromatic carbocycles. The Morgan fingerprint density at radius 2 is 1.93 bits per heavy atom. The molecular formula is C18H18F2N2O5S. The summed E-state index contributed by atoms with van der Waals surface area (Å²) in [6.45, 7) is -0.202. The number of hydrogen-bond donors (Lipinski definition) is 1. The molecular weight excluding hydrogens is 394 g/mol. The van der Waals surface area contributed by atoms with Crippen molar-refractivity contribution in [3.63, 3.8) is 0 Å². The standard InChI is InChI=1S/C18H18F2N2O5S/c1-25-13-6-2-3-7-14(13)26-10-9-21-15(23)11-27-17(24)12-5-4-8-22-16(12)28-18(19)20/h2-8,18H,9-11H2,1H3,(H,21,23). The third kappa shape index (κ3) is 6.69. The average Bonchev–Trinajstić information content (AvgIpc) is 2.69. The lowest BCUT2D eigenvalue weighted by atomic mass is 10.3. The van der Waals surface area contributed by atoms with Gasteiger partial charge in [0.15, 0.2) is 18.1 Å². The van der Waals surface area contributed by atoms with Gasteiger partial charge in [0.1, 0.15) is 11.6 Å². The van der Waals surface area contributed by atoms with Crippen LogP contribution in [-0.2, 0) is 9.53 Å². The summed E-state index contributed by atoms with van der Waals surface area (Å²) in [5.74, 6) is -3.09. The molecule has 0 aliphatic heterocycles. The van der Waals surface area contributed by atoms with Crippen LogP contribution in [0.15, 0.2) is 47.6 Å². The molecule has 2 aromatic rings. The van der Waals surface area contributed by atoms with Gasteiger partial charge in [0.25, 0.3) is 11.7 Å². The number of esters is 1. The second kappa shape index (κ2) is 11.1. The number of carbonyl (C=O) groups excluding carboxylic acids is 2. The summed E-state index contributed by atoms with van der Waals surface area (Å²) in [4.78, 5) is 27.5. The molecule has 150 valence electrons. The van der Waals surface area contributed by atoms with Crippen LogP contribution >= 0.6 is 11.8 Å². The van der Waals surface area contributed by atoms with Crippen LogP contribution in [0.2, 0.25) is 0 Å². The normalized spacial score (nSPS) is 10.4. The molecule has 10 heteroatoms. The lowest BCUT2D eigenvalue weighted by Crippen LogP contribution is -2.32. The number of carbonyl (C=O) groups is 2. The molecule has 28 heavy (non-hydrogen) atoms. The van der Waals surface area contributed by atoms with Crippen LogP contribution in [0.1, 0.15) is 10.4 Å². The van der Waals surface area contributed by atoms with E-state index in [-0.39, 0.29) is 35.5 Å². The Kier molecular flexibility index (Phi) is 8.47. The predicted octanol–water partition coefficient (Wildman–Crippen LogP) is 2.76. The number of amides is 1. The van der Waals surface area contributed by atoms with Crippen molar-refractivity contribution in [2.75, 3.05) is 26.9 Å². The third-order valence-corrected chi connectivity index (χ3v) is 4.00. The van der Waals surface area contributed by atoms with Crippen molar-refractivity contribution in [2.45, 2.75) is 10.8 Å². The van der Waals surface area contributed by atoms with E-state index in [9.17, 15) is 18.4 Å². The highest BCUT2D eigenvalue weighted by Gasteiger charge is 2.18. The van der Waals surface area contributed by atoms with Crippen molar-refractivity contribution < 1.29 is 32.6 Å². The van der Waals surface area contributed by atoms with Crippen LogP contribution in [0.5, 0.6) is 11.5 Å². The Hall–Kier alpha value is -2.88. The first-order valence-corrected chi connectivity index (χ1v) is 8.98. The molecule has 1 amide bonds. The fourth-order valence-corrected chi connectivity index (χ4v) is 2.64. The number of pyridine rings is 1. The van der Waals surface area contributed by atoms with E-state index in [0.29, 0.717) is 11.5 Å². The Morgan fingerprint density at radius 1 is 1.18 bits per heavy atom. The SMILES string of the molecule is COc1ccccc1OCCNC(=O)COC(=O)c1cccnc1SC(F)F. The number of halogens is 2. The van der Waals surface area contributed by atoms with Crippen molar-refractivity contribution in [3.8, 4) is 11.5 Å². The van der Waals surface area contributed by atoms with Crippen molar-refractivity contribution in [1.29, 1.82) is 0 Å². The summed E-state index contributed by atoms with van der Waals surface area (Å²) in [7, 11) is 1.52. The van der Waals surface area contributed by atoms with E-state index in [0.717, 1.165) is 0 Å². The Balaban J connectivity index is 1.74. The van der Waals surface area contributed by atoms with Gasteiger partial charge in [-0.3, -0.25) is 4.79 Å². The van der Waals surface area contributed by atoms with Crippen LogP contribution in [0.3, 0.4) is 0 Å². The quantitative estimate of drug-likeness (QED) is 0.365. The van der Waals surface area contributed by atoms with E-state index in [1.807, 2.05) is 0 Å². The molecule has 0 atom stereocenters. The van der Waals surface area contributed by atoms with Crippen molar-refractivity contribution in [1.82, 2.24) is 10.3 Å². The number of alkyl halides is 2. The van der Waals surface area contributed by atoms with Gasteiger partial charge in [-0.05, 0) is 36.0 Å². The van der Waals surface area contributed by atoms with Crippen molar-refractivity contribution >= 4 is 23.6 Å². The number of para-hydroxylation sites is 2. The fourth-order valence-electron chi connectivity index (χ4n) is 2.07. The van der Waals surface area contributed by atoms with Crippen molar-refractivity contribution in [2.24, 2.45) is 0 Å². The molecule has 1 aromatic heterocycles. The van der Waals surface area contributed by atoms with Gasteiger partial charge in [0, 0.05) is 6.20 Å². The topological polar surface area (TPSA) is 86.8 Å². The van der Waals surface area contributed by atoms with Crippen molar-refractivity contribution in [3.05, 3.63) is 48.2 Å². The molecule has 0 unspecified atom stereocenters. The number of rotatable bonds is 10. The molecule has 0 bridgehead atoms. The first-order chi connectivity index (χ1) is 13.5. The Bertz CT molecular complexity index is 807. The van der Waals surface area contributed by atoms with Gasteiger partial charge in [0.05, 0.1) is 19.2 Å². The zero-order valence-corrected chi connectivity index (χ0v) is 15.7. The highest BCUT2D eigenvalue weighted by Crippen LogP contribution is 2.27. The maximum atomic E-state index is 12.5. The average molecular weight is 412 g/mol. The highest BCUT2D eigenvalue weighted by atomic mass is 32.2. The molecule has 0 aliphatic carbocycles. The smallest absolute Gasteiger partial charge is 0.341 e. The molecule has 1 N–H and O–H groups in total. The second-order valence-corrected chi connectivity index (χ2v) is 6.14. The summed E-state index contributed by atoms with van der Waals surface area (Å²) in [6.07, 6.45) is 1.29. The van der Waals surface area contributed by atoms with Crippen LogP contribution in [0, 0.1) is 0 Å². The van der Waals surface area contributed by atoms with E-state index in [4.69, 9.17) is 14.2 Å². The maximum absolute atomic E-state index is 12.5. The third-order valence-electron chi connectivity index (χ3n) is 3.28. The lowest BCUT2D eigenvalue weighted by molar-refractivity contribution is -0.124. The van der Waals surface area contributed by atoms with E-state index >= 15 is 0 Å². The van der Waals surface area contributed by atoms with Gasteiger partial charge >= 0.3 is 5.97 Å². The first kappa shape index (κ1) is 21.4. The molecule has 0 saturated heterocycles. The Labute approximate surface area is 164 Å². The van der Waals surface area contributed by atoms with Gasteiger partial charge in [-0.1, -0.05) is 12.1 Å². The van der Waals surface area contributed by atoms with Gasteiger partial charge in [-0.15, -0.1) is 0 Å².